The van der Waals surface area contributed by atoms with Gasteiger partial charge in [0.2, 0.25) is 0 Å². The van der Waals surface area contributed by atoms with Gasteiger partial charge in [0.25, 0.3) is 0 Å². The first-order valence-electron chi connectivity index (χ1n) is 9.06. The molecule has 0 spiro atoms. The van der Waals surface area contributed by atoms with Crippen LogP contribution in [0.1, 0.15) is 37.6 Å². The van der Waals surface area contributed by atoms with Crippen LogP contribution in [0, 0.1) is 5.41 Å². The Kier molecular flexibility index (Phi) is 5.74. The molecule has 0 radical (unpaired) electrons. The van der Waals surface area contributed by atoms with Crippen molar-refractivity contribution in [1.82, 2.24) is 0 Å². The molecule has 8 heteroatoms. The topological polar surface area (TPSA) is 116 Å². The van der Waals surface area contributed by atoms with E-state index >= 15 is 0 Å². The number of nitrogens with one attached hydrogen (secondary N) is 2. The number of hydrogen-bond donors (Lipinski definition) is 4. The molecular weight excluding hydrogens is 392 g/mol. The second kappa shape index (κ2) is 8.08. The minimum absolute atomic E-state index is 0.00218. The number of benzene rings is 1. The van der Waals surface area contributed by atoms with Gasteiger partial charge in [-0.1, -0.05) is 32.0 Å². The van der Waals surface area contributed by atoms with E-state index < -0.39 is 11.9 Å². The average Bonchev–Trinajstić information content (AvgIpc) is 3.10. The summed E-state index contributed by atoms with van der Waals surface area (Å²) < 4.78 is 0. The number of anilines is 2. The molecule has 0 bridgehead atoms. The number of carboxylic acid groups (broad SMARTS) is 2. The van der Waals surface area contributed by atoms with Gasteiger partial charge in [-0.3, -0.25) is 4.79 Å². The van der Waals surface area contributed by atoms with Crippen molar-refractivity contribution in [1.29, 1.82) is 0 Å². The maximum atomic E-state index is 12.9. The molecular formula is C21H22N2O5S. The maximum Gasteiger partial charge on any atom is 0.414 e. The molecule has 4 N–H and O–H groups in total. The van der Waals surface area contributed by atoms with E-state index in [4.69, 9.17) is 19.8 Å². The molecule has 2 aliphatic rings. The number of thiophene rings is 1. The van der Waals surface area contributed by atoms with Gasteiger partial charge in [0.1, 0.15) is 0 Å². The van der Waals surface area contributed by atoms with Gasteiger partial charge in [0.15, 0.2) is 5.78 Å². The maximum absolute atomic E-state index is 12.9. The van der Waals surface area contributed by atoms with Crippen LogP contribution in [0.4, 0.5) is 11.4 Å². The summed E-state index contributed by atoms with van der Waals surface area (Å²) in [5, 5.41) is 24.0. The lowest BCUT2D eigenvalue weighted by atomic mass is 9.74. The lowest BCUT2D eigenvalue weighted by molar-refractivity contribution is -0.159. The Labute approximate surface area is 172 Å². The van der Waals surface area contributed by atoms with Crippen LogP contribution in [0.3, 0.4) is 0 Å². The summed E-state index contributed by atoms with van der Waals surface area (Å²) in [5.74, 6) is -3.40. The molecule has 152 valence electrons. The van der Waals surface area contributed by atoms with Gasteiger partial charge in [-0.05, 0) is 35.4 Å². The lowest BCUT2D eigenvalue weighted by Crippen LogP contribution is -2.31. The summed E-state index contributed by atoms with van der Waals surface area (Å²) >= 11 is 1.69. The lowest BCUT2D eigenvalue weighted by Gasteiger charge is -2.33. The van der Waals surface area contributed by atoms with Crippen molar-refractivity contribution in [3.05, 3.63) is 57.9 Å². The van der Waals surface area contributed by atoms with E-state index in [-0.39, 0.29) is 17.2 Å². The molecule has 0 saturated carbocycles. The second-order valence-electron chi connectivity index (χ2n) is 7.71. The van der Waals surface area contributed by atoms with Crippen molar-refractivity contribution in [3.8, 4) is 0 Å². The largest absolute Gasteiger partial charge is 0.473 e. The Bertz CT molecular complexity index is 967. The number of carbonyl (C=O) groups excluding carboxylic acids is 1. The minimum atomic E-state index is -1.82. The van der Waals surface area contributed by atoms with E-state index in [0.29, 0.717) is 6.42 Å². The number of carboxylic acids is 2. The van der Waals surface area contributed by atoms with Crippen LogP contribution in [0.15, 0.2) is 53.0 Å². The molecule has 1 aromatic carbocycles. The molecule has 2 heterocycles. The molecule has 1 unspecified atom stereocenters. The van der Waals surface area contributed by atoms with E-state index in [2.05, 4.69) is 48.1 Å². The van der Waals surface area contributed by atoms with Gasteiger partial charge < -0.3 is 20.8 Å². The first kappa shape index (κ1) is 20.6. The Morgan fingerprint density at radius 3 is 2.28 bits per heavy atom. The van der Waals surface area contributed by atoms with Crippen molar-refractivity contribution in [2.75, 3.05) is 10.6 Å². The first-order chi connectivity index (χ1) is 13.7. The summed E-state index contributed by atoms with van der Waals surface area (Å²) in [6.45, 7) is 4.33. The highest BCUT2D eigenvalue weighted by Crippen LogP contribution is 2.45. The molecule has 2 aromatic rings. The Balaban J connectivity index is 0.000000353. The molecule has 1 aromatic heterocycles. The predicted octanol–water partition coefficient (Wildman–Crippen LogP) is 4.13. The standard InChI is InChI=1S/C19H20N2OS.C2H2O4/c1-19(2)10-14-17(15(22)11-19)18(16-8-5-9-23-16)21-13-7-4-3-6-12(13)20-14;3-1(4)2(5)6/h3-9,18,20-21H,10-11H2,1-2H3;(H,3,4)(H,5,6). The molecule has 0 fully saturated rings. The van der Waals surface area contributed by atoms with Crippen LogP contribution >= 0.6 is 11.3 Å². The highest BCUT2D eigenvalue weighted by atomic mass is 32.1. The van der Waals surface area contributed by atoms with Crippen LogP contribution in [-0.2, 0) is 14.4 Å². The van der Waals surface area contributed by atoms with Gasteiger partial charge in [-0.15, -0.1) is 11.3 Å². The van der Waals surface area contributed by atoms with E-state index in [1.165, 1.54) is 4.88 Å². The summed E-state index contributed by atoms with van der Waals surface area (Å²) in [6.07, 6.45) is 1.50. The molecule has 4 rings (SSSR count). The molecule has 29 heavy (non-hydrogen) atoms. The van der Waals surface area contributed by atoms with Crippen LogP contribution in [0.25, 0.3) is 0 Å². The van der Waals surface area contributed by atoms with Crippen molar-refractivity contribution in [2.24, 2.45) is 5.41 Å². The number of para-hydroxylation sites is 2. The number of hydrogen-bond acceptors (Lipinski definition) is 6. The summed E-state index contributed by atoms with van der Waals surface area (Å²) in [4.78, 5) is 32.3. The highest BCUT2D eigenvalue weighted by molar-refractivity contribution is 7.10. The number of rotatable bonds is 1. The normalized spacial score (nSPS) is 19.4. The third-order valence-corrected chi connectivity index (χ3v) is 5.67. The van der Waals surface area contributed by atoms with Crippen LogP contribution in [-0.4, -0.2) is 27.9 Å². The minimum Gasteiger partial charge on any atom is -0.473 e. The van der Waals surface area contributed by atoms with Crippen molar-refractivity contribution in [3.63, 3.8) is 0 Å². The van der Waals surface area contributed by atoms with E-state index in [0.717, 1.165) is 29.1 Å². The quantitative estimate of drug-likeness (QED) is 0.519. The first-order valence-corrected chi connectivity index (χ1v) is 9.94. The third-order valence-electron chi connectivity index (χ3n) is 4.73. The van der Waals surface area contributed by atoms with Crippen molar-refractivity contribution >= 4 is 40.4 Å². The fraction of sp³-hybridized carbons (Fsp3) is 0.286. The van der Waals surface area contributed by atoms with Crippen molar-refractivity contribution < 1.29 is 24.6 Å². The van der Waals surface area contributed by atoms with Crippen LogP contribution in [0.2, 0.25) is 0 Å². The molecule has 1 aliphatic heterocycles. The number of aliphatic carboxylic acids is 2. The average molecular weight is 414 g/mol. The summed E-state index contributed by atoms with van der Waals surface area (Å²) in [6, 6.07) is 12.3. The molecule has 1 aliphatic carbocycles. The summed E-state index contributed by atoms with van der Waals surface area (Å²) in [7, 11) is 0. The van der Waals surface area contributed by atoms with Gasteiger partial charge in [0.05, 0.1) is 17.4 Å². The second-order valence-corrected chi connectivity index (χ2v) is 8.69. The number of fused-ring (bicyclic) bond motifs is 1. The molecule has 0 saturated heterocycles. The van der Waals surface area contributed by atoms with Gasteiger partial charge in [0, 0.05) is 22.6 Å². The smallest absolute Gasteiger partial charge is 0.414 e. The van der Waals surface area contributed by atoms with E-state index in [9.17, 15) is 4.79 Å². The van der Waals surface area contributed by atoms with Crippen molar-refractivity contribution in [2.45, 2.75) is 32.7 Å². The van der Waals surface area contributed by atoms with Crippen LogP contribution in [0.5, 0.6) is 0 Å². The van der Waals surface area contributed by atoms with Gasteiger partial charge in [-0.2, -0.15) is 0 Å². The Morgan fingerprint density at radius 1 is 1.03 bits per heavy atom. The number of carbonyl (C=O) groups is 3. The molecule has 0 amide bonds. The van der Waals surface area contributed by atoms with Gasteiger partial charge >= 0.3 is 11.9 Å². The Morgan fingerprint density at radius 2 is 1.69 bits per heavy atom. The third kappa shape index (κ3) is 4.65. The van der Waals surface area contributed by atoms with Crippen LogP contribution < -0.4 is 10.6 Å². The summed E-state index contributed by atoms with van der Waals surface area (Å²) in [5.41, 5.74) is 4.07. The SMILES string of the molecule is CC1(C)CC(=O)C2=C(C1)Nc1ccccc1NC2c1cccs1.O=C(O)C(=O)O. The Hall–Kier alpha value is -3.13. The molecule has 7 nitrogen and oxygen atoms in total. The predicted molar refractivity (Wildman–Crippen MR) is 111 cm³/mol. The van der Waals surface area contributed by atoms with E-state index in [1.54, 1.807) is 11.3 Å². The number of allylic oxidation sites excluding steroid dienone is 1. The monoisotopic (exact) mass is 414 g/mol. The fourth-order valence-electron chi connectivity index (χ4n) is 3.56. The zero-order valence-electron chi connectivity index (χ0n) is 16.1. The number of ketones is 1. The van der Waals surface area contributed by atoms with E-state index in [1.807, 2.05) is 18.2 Å². The van der Waals surface area contributed by atoms with Gasteiger partial charge in [-0.25, -0.2) is 9.59 Å². The fourth-order valence-corrected chi connectivity index (χ4v) is 4.34. The zero-order chi connectivity index (χ0) is 21.2. The molecule has 1 atom stereocenters. The zero-order valence-corrected chi connectivity index (χ0v) is 16.9. The highest BCUT2D eigenvalue weighted by Gasteiger charge is 2.38. The number of Topliss-reactive ketones (excluding diaryl/α,β-unsaturated/α-hetero) is 1.